The van der Waals surface area contributed by atoms with Crippen molar-refractivity contribution in [3.8, 4) is 0 Å². The van der Waals surface area contributed by atoms with E-state index in [9.17, 15) is 10.1 Å². The summed E-state index contributed by atoms with van der Waals surface area (Å²) in [6.07, 6.45) is 4.92. The third-order valence-corrected chi connectivity index (χ3v) is 4.08. The number of benzene rings is 1. The highest BCUT2D eigenvalue weighted by molar-refractivity contribution is 5.90. The number of aliphatic imine (C=N–C) groups is 1. The Labute approximate surface area is 148 Å². The molecule has 1 aliphatic rings. The molecule has 0 amide bonds. The molecule has 0 bridgehead atoms. The number of hydrogen-bond donors (Lipinski definition) is 3. The summed E-state index contributed by atoms with van der Waals surface area (Å²) in [6.45, 7) is 1.27. The molecule has 4 rings (SSSR count). The number of aromatic amines is 1. The van der Waals surface area contributed by atoms with Crippen LogP contribution in [0.15, 0.2) is 59.5 Å². The Morgan fingerprint density at radius 3 is 2.96 bits per heavy atom. The zero-order valence-corrected chi connectivity index (χ0v) is 13.8. The summed E-state index contributed by atoms with van der Waals surface area (Å²) in [5, 5.41) is 18.1. The van der Waals surface area contributed by atoms with Crippen LogP contribution < -0.4 is 10.6 Å². The molecule has 1 aromatic carbocycles. The Kier molecular flexibility index (Phi) is 4.06. The number of H-pyrrole nitrogens is 1. The molecule has 8 heteroatoms. The van der Waals surface area contributed by atoms with Crippen LogP contribution in [0.3, 0.4) is 0 Å². The molecule has 3 heterocycles. The summed E-state index contributed by atoms with van der Waals surface area (Å²) in [5.74, 6) is 0.712. The van der Waals surface area contributed by atoms with Crippen molar-refractivity contribution in [1.82, 2.24) is 20.6 Å². The Morgan fingerprint density at radius 2 is 2.15 bits per heavy atom. The van der Waals surface area contributed by atoms with Crippen LogP contribution in [0.2, 0.25) is 0 Å². The van der Waals surface area contributed by atoms with Gasteiger partial charge in [0.1, 0.15) is 11.8 Å². The maximum Gasteiger partial charge on any atom is 0.288 e. The van der Waals surface area contributed by atoms with Crippen molar-refractivity contribution < 1.29 is 4.92 Å². The fourth-order valence-corrected chi connectivity index (χ4v) is 2.78. The molecule has 8 nitrogen and oxygen atoms in total. The first-order valence-corrected chi connectivity index (χ1v) is 8.11. The first-order chi connectivity index (χ1) is 12.7. The average Bonchev–Trinajstić information content (AvgIpc) is 3.28. The van der Waals surface area contributed by atoms with E-state index >= 15 is 0 Å². The quantitative estimate of drug-likeness (QED) is 0.496. The Morgan fingerprint density at radius 1 is 1.31 bits per heavy atom. The van der Waals surface area contributed by atoms with Gasteiger partial charge in [-0.3, -0.25) is 10.1 Å². The number of pyridine rings is 1. The van der Waals surface area contributed by atoms with Crippen LogP contribution in [-0.2, 0) is 6.54 Å². The largest absolute Gasteiger partial charge is 0.352 e. The molecule has 0 radical (unpaired) electrons. The fraction of sp³-hybridized carbons (Fsp3) is 0.111. The van der Waals surface area contributed by atoms with E-state index in [4.69, 9.17) is 0 Å². The van der Waals surface area contributed by atoms with Gasteiger partial charge >= 0.3 is 0 Å². The molecule has 0 unspecified atom stereocenters. The lowest BCUT2D eigenvalue weighted by molar-refractivity contribution is -0.385. The molecule has 2 aromatic heterocycles. The predicted octanol–water partition coefficient (Wildman–Crippen LogP) is 2.56. The topological polar surface area (TPSA) is 108 Å². The summed E-state index contributed by atoms with van der Waals surface area (Å²) in [7, 11) is 0. The maximum atomic E-state index is 11.0. The average molecular weight is 348 g/mol. The zero-order chi connectivity index (χ0) is 17.9. The molecular formula is C18H16N6O2. The van der Waals surface area contributed by atoms with Crippen LogP contribution in [-0.4, -0.2) is 27.4 Å². The van der Waals surface area contributed by atoms with E-state index < -0.39 is 4.92 Å². The summed E-state index contributed by atoms with van der Waals surface area (Å²) in [5.41, 5.74) is 3.41. The summed E-state index contributed by atoms with van der Waals surface area (Å²) in [4.78, 5) is 22.1. The molecule has 3 aromatic rings. The van der Waals surface area contributed by atoms with E-state index in [0.717, 1.165) is 11.3 Å². The molecule has 0 aliphatic carbocycles. The van der Waals surface area contributed by atoms with Crippen LogP contribution in [0, 0.1) is 10.1 Å². The number of fused-ring (bicyclic) bond motifs is 1. The van der Waals surface area contributed by atoms with Gasteiger partial charge in [-0.05, 0) is 11.6 Å². The van der Waals surface area contributed by atoms with Crippen LogP contribution in [0.5, 0.6) is 0 Å². The summed E-state index contributed by atoms with van der Waals surface area (Å²) < 4.78 is 0. The third kappa shape index (κ3) is 3.25. The number of nitrogens with one attached hydrogen (secondary N) is 3. The minimum Gasteiger partial charge on any atom is -0.352 e. The highest BCUT2D eigenvalue weighted by Gasteiger charge is 2.14. The van der Waals surface area contributed by atoms with Crippen LogP contribution in [0.25, 0.3) is 17.1 Å². The first kappa shape index (κ1) is 15.8. The van der Waals surface area contributed by atoms with Gasteiger partial charge in [0.15, 0.2) is 5.96 Å². The maximum absolute atomic E-state index is 11.0. The van der Waals surface area contributed by atoms with E-state index in [2.05, 4.69) is 25.6 Å². The van der Waals surface area contributed by atoms with Crippen molar-refractivity contribution in [1.29, 1.82) is 0 Å². The Bertz CT molecular complexity index is 1020. The second-order valence-corrected chi connectivity index (χ2v) is 5.88. The smallest absolute Gasteiger partial charge is 0.288 e. The fourth-order valence-electron chi connectivity index (χ4n) is 2.78. The molecule has 0 atom stereocenters. The van der Waals surface area contributed by atoms with Gasteiger partial charge < -0.3 is 15.6 Å². The molecule has 0 fully saturated rings. The molecule has 0 spiro atoms. The number of rotatable bonds is 4. The van der Waals surface area contributed by atoms with E-state index in [-0.39, 0.29) is 5.69 Å². The van der Waals surface area contributed by atoms with Gasteiger partial charge in [0.25, 0.3) is 5.69 Å². The molecule has 1 aliphatic heterocycles. The molecule has 26 heavy (non-hydrogen) atoms. The predicted molar refractivity (Wildman–Crippen MR) is 99.4 cm³/mol. The number of nitrogens with zero attached hydrogens (tertiary/aromatic N) is 3. The Balaban J connectivity index is 1.53. The van der Waals surface area contributed by atoms with Crippen LogP contribution in [0.1, 0.15) is 11.1 Å². The SMILES string of the molecule is O=[N+]([O-])c1cnc2[nH]cc(C=C3CNC(NCc4ccccc4)=N3)c2c1. The lowest BCUT2D eigenvalue weighted by atomic mass is 10.2. The van der Waals surface area contributed by atoms with Crippen LogP contribution >= 0.6 is 0 Å². The van der Waals surface area contributed by atoms with E-state index in [0.29, 0.717) is 30.1 Å². The highest BCUT2D eigenvalue weighted by atomic mass is 16.6. The number of hydrogen-bond acceptors (Lipinski definition) is 6. The molecular weight excluding hydrogens is 332 g/mol. The standard InChI is InChI=1S/C18H16N6O2/c25-24(26)15-7-16-13(9-19-17(16)20-11-15)6-14-10-22-18(23-14)21-8-12-4-2-1-3-5-12/h1-7,9,11H,8,10H2,(H,19,20)(H2,21,22,23). The first-order valence-electron chi connectivity index (χ1n) is 8.11. The molecule has 0 saturated carbocycles. The lowest BCUT2D eigenvalue weighted by Crippen LogP contribution is -2.33. The van der Waals surface area contributed by atoms with Crippen molar-refractivity contribution in [2.45, 2.75) is 6.54 Å². The van der Waals surface area contributed by atoms with Gasteiger partial charge in [-0.15, -0.1) is 0 Å². The molecule has 0 saturated heterocycles. The Hall–Kier alpha value is -3.68. The minimum absolute atomic E-state index is 0.0324. The number of guanidine groups is 1. The van der Waals surface area contributed by atoms with Gasteiger partial charge in [-0.2, -0.15) is 0 Å². The van der Waals surface area contributed by atoms with Crippen molar-refractivity contribution in [2.24, 2.45) is 4.99 Å². The zero-order valence-electron chi connectivity index (χ0n) is 13.8. The summed E-state index contributed by atoms with van der Waals surface area (Å²) in [6, 6.07) is 11.6. The molecule has 130 valence electrons. The lowest BCUT2D eigenvalue weighted by Gasteiger charge is -2.05. The highest BCUT2D eigenvalue weighted by Crippen LogP contribution is 2.24. The van der Waals surface area contributed by atoms with Gasteiger partial charge in [0, 0.05) is 29.8 Å². The van der Waals surface area contributed by atoms with Crippen molar-refractivity contribution in [3.63, 3.8) is 0 Å². The normalized spacial score (nSPS) is 15.1. The van der Waals surface area contributed by atoms with E-state index in [1.807, 2.05) is 36.4 Å². The number of aromatic nitrogens is 2. The third-order valence-electron chi connectivity index (χ3n) is 4.08. The second-order valence-electron chi connectivity index (χ2n) is 5.88. The van der Waals surface area contributed by atoms with Gasteiger partial charge in [0.05, 0.1) is 17.2 Å². The second kappa shape index (κ2) is 6.67. The van der Waals surface area contributed by atoms with Gasteiger partial charge in [-0.1, -0.05) is 30.3 Å². The van der Waals surface area contributed by atoms with Gasteiger partial charge in [-0.25, -0.2) is 9.98 Å². The minimum atomic E-state index is -0.447. The molecule has 3 N–H and O–H groups in total. The van der Waals surface area contributed by atoms with E-state index in [1.165, 1.54) is 17.8 Å². The van der Waals surface area contributed by atoms with Crippen LogP contribution in [0.4, 0.5) is 5.69 Å². The number of nitro groups is 1. The van der Waals surface area contributed by atoms with Crippen molar-refractivity contribution in [3.05, 3.63) is 75.7 Å². The van der Waals surface area contributed by atoms with Crippen molar-refractivity contribution in [2.75, 3.05) is 6.54 Å². The van der Waals surface area contributed by atoms with E-state index in [1.54, 1.807) is 6.20 Å². The van der Waals surface area contributed by atoms with Gasteiger partial charge in [0.2, 0.25) is 0 Å². The van der Waals surface area contributed by atoms with Crippen molar-refractivity contribution >= 4 is 28.8 Å². The monoisotopic (exact) mass is 348 g/mol. The summed E-state index contributed by atoms with van der Waals surface area (Å²) >= 11 is 0.